The van der Waals surface area contributed by atoms with Crippen molar-refractivity contribution >= 4 is 23.1 Å². The number of ether oxygens (including phenoxy) is 1. The maximum Gasteiger partial charge on any atom is 0.132 e. The SMILES string of the molecule is Cc1ccc(Oc2cccc(Cl)c2CCC2=NN=C(N)C2)cc1. The van der Waals surface area contributed by atoms with Crippen molar-refractivity contribution in [3.8, 4) is 11.5 Å². The van der Waals surface area contributed by atoms with Gasteiger partial charge >= 0.3 is 0 Å². The van der Waals surface area contributed by atoms with E-state index in [0.29, 0.717) is 17.3 Å². The number of aryl methyl sites for hydroxylation is 1. The Kier molecular flexibility index (Phi) is 4.63. The van der Waals surface area contributed by atoms with Gasteiger partial charge in [-0.15, -0.1) is 5.10 Å². The molecule has 118 valence electrons. The average molecular weight is 328 g/mol. The smallest absolute Gasteiger partial charge is 0.132 e. The number of halogens is 1. The van der Waals surface area contributed by atoms with Crippen LogP contribution in [0.2, 0.25) is 5.02 Å². The fourth-order valence-electron chi connectivity index (χ4n) is 2.43. The summed E-state index contributed by atoms with van der Waals surface area (Å²) in [5.41, 5.74) is 8.80. The molecule has 0 saturated carbocycles. The Morgan fingerprint density at radius 1 is 1.09 bits per heavy atom. The lowest BCUT2D eigenvalue weighted by Crippen LogP contribution is -2.12. The summed E-state index contributed by atoms with van der Waals surface area (Å²) >= 11 is 6.36. The summed E-state index contributed by atoms with van der Waals surface area (Å²) in [5, 5.41) is 8.65. The summed E-state index contributed by atoms with van der Waals surface area (Å²) in [5.74, 6) is 2.13. The number of benzene rings is 2. The monoisotopic (exact) mass is 327 g/mol. The number of rotatable bonds is 5. The second-order valence-corrected chi connectivity index (χ2v) is 5.97. The first-order chi connectivity index (χ1) is 11.1. The van der Waals surface area contributed by atoms with Crippen LogP contribution < -0.4 is 10.5 Å². The molecule has 0 aliphatic carbocycles. The van der Waals surface area contributed by atoms with E-state index in [1.54, 1.807) is 0 Å². The van der Waals surface area contributed by atoms with E-state index in [1.807, 2.05) is 49.4 Å². The standard InChI is InChI=1S/C18H18ClN3O/c1-12-5-8-14(9-6-12)23-17-4-2-3-16(19)15(17)10-7-13-11-18(20)22-21-13/h2-6,8-9H,7,10-11H2,1H3,(H2,20,22). The van der Waals surface area contributed by atoms with Crippen LogP contribution in [0.25, 0.3) is 0 Å². The molecule has 2 N–H and O–H groups in total. The summed E-state index contributed by atoms with van der Waals surface area (Å²) in [6.07, 6.45) is 2.14. The minimum absolute atomic E-state index is 0.565. The molecule has 1 aliphatic rings. The van der Waals surface area contributed by atoms with Gasteiger partial charge in [0.25, 0.3) is 0 Å². The average Bonchev–Trinajstić information content (AvgIpc) is 2.94. The molecule has 0 fully saturated rings. The van der Waals surface area contributed by atoms with Gasteiger partial charge in [0.05, 0.1) is 0 Å². The predicted octanol–water partition coefficient (Wildman–Crippen LogP) is 4.49. The molecule has 0 saturated heterocycles. The summed E-state index contributed by atoms with van der Waals surface area (Å²) < 4.78 is 6.00. The van der Waals surface area contributed by atoms with Crippen LogP contribution in [-0.4, -0.2) is 11.5 Å². The second kappa shape index (κ2) is 6.84. The highest BCUT2D eigenvalue weighted by atomic mass is 35.5. The van der Waals surface area contributed by atoms with Gasteiger partial charge in [-0.3, -0.25) is 0 Å². The molecule has 0 spiro atoms. The van der Waals surface area contributed by atoms with Crippen molar-refractivity contribution in [1.29, 1.82) is 0 Å². The third-order valence-electron chi connectivity index (χ3n) is 3.69. The molecule has 0 unspecified atom stereocenters. The zero-order valence-electron chi connectivity index (χ0n) is 12.9. The molecule has 1 heterocycles. The molecule has 0 atom stereocenters. The molecule has 2 aromatic carbocycles. The summed E-state index contributed by atoms with van der Waals surface area (Å²) in [7, 11) is 0. The van der Waals surface area contributed by atoms with Crippen LogP contribution in [0.5, 0.6) is 11.5 Å². The molecule has 4 nitrogen and oxygen atoms in total. The van der Waals surface area contributed by atoms with Crippen molar-refractivity contribution < 1.29 is 4.74 Å². The van der Waals surface area contributed by atoms with E-state index in [2.05, 4.69) is 10.2 Å². The molecule has 0 amide bonds. The van der Waals surface area contributed by atoms with Crippen LogP contribution >= 0.6 is 11.6 Å². The number of hydrogen-bond acceptors (Lipinski definition) is 4. The van der Waals surface area contributed by atoms with E-state index in [9.17, 15) is 0 Å². The maximum atomic E-state index is 6.36. The first-order valence-corrected chi connectivity index (χ1v) is 7.89. The van der Waals surface area contributed by atoms with Crippen molar-refractivity contribution in [2.75, 3.05) is 0 Å². The topological polar surface area (TPSA) is 60.0 Å². The number of nitrogens with zero attached hydrogens (tertiary/aromatic N) is 2. The normalized spacial score (nSPS) is 13.7. The van der Waals surface area contributed by atoms with E-state index in [-0.39, 0.29) is 0 Å². The predicted molar refractivity (Wildman–Crippen MR) is 94.7 cm³/mol. The first-order valence-electron chi connectivity index (χ1n) is 7.51. The highest BCUT2D eigenvalue weighted by molar-refractivity contribution is 6.31. The molecule has 3 rings (SSSR count). The lowest BCUT2D eigenvalue weighted by molar-refractivity contribution is 0.476. The lowest BCUT2D eigenvalue weighted by Gasteiger charge is -2.13. The van der Waals surface area contributed by atoms with Crippen molar-refractivity contribution in [3.05, 3.63) is 58.6 Å². The third-order valence-corrected chi connectivity index (χ3v) is 4.05. The summed E-state index contributed by atoms with van der Waals surface area (Å²) in [4.78, 5) is 0. The molecule has 1 aliphatic heterocycles. The van der Waals surface area contributed by atoms with Crippen LogP contribution in [0.15, 0.2) is 52.7 Å². The minimum Gasteiger partial charge on any atom is -0.457 e. The third kappa shape index (κ3) is 3.90. The van der Waals surface area contributed by atoms with Gasteiger partial charge in [-0.05, 0) is 44.0 Å². The fraction of sp³-hybridized carbons (Fsp3) is 0.222. The molecule has 0 bridgehead atoms. The Morgan fingerprint density at radius 2 is 1.87 bits per heavy atom. The van der Waals surface area contributed by atoms with Crippen LogP contribution in [0.1, 0.15) is 24.0 Å². The summed E-state index contributed by atoms with van der Waals surface area (Å²) in [6, 6.07) is 13.7. The molecular weight excluding hydrogens is 310 g/mol. The number of hydrogen-bond donors (Lipinski definition) is 1. The second-order valence-electron chi connectivity index (χ2n) is 5.57. The van der Waals surface area contributed by atoms with E-state index >= 15 is 0 Å². The molecule has 2 aromatic rings. The minimum atomic E-state index is 0.565. The molecular formula is C18H18ClN3O. The van der Waals surface area contributed by atoms with Crippen molar-refractivity contribution in [1.82, 2.24) is 0 Å². The largest absolute Gasteiger partial charge is 0.457 e. The van der Waals surface area contributed by atoms with Gasteiger partial charge in [0.15, 0.2) is 0 Å². The van der Waals surface area contributed by atoms with Crippen LogP contribution in [0.4, 0.5) is 0 Å². The molecule has 0 radical (unpaired) electrons. The Morgan fingerprint density at radius 3 is 2.57 bits per heavy atom. The zero-order chi connectivity index (χ0) is 16.2. The highest BCUT2D eigenvalue weighted by Gasteiger charge is 2.14. The van der Waals surface area contributed by atoms with Crippen LogP contribution in [0, 0.1) is 6.92 Å². The van der Waals surface area contributed by atoms with Gasteiger partial charge in [0.2, 0.25) is 0 Å². The number of nitrogens with two attached hydrogens (primary N) is 1. The quantitative estimate of drug-likeness (QED) is 0.879. The summed E-state index contributed by atoms with van der Waals surface area (Å²) in [6.45, 7) is 2.05. The van der Waals surface area contributed by atoms with Crippen LogP contribution in [-0.2, 0) is 6.42 Å². The fourth-order valence-corrected chi connectivity index (χ4v) is 2.69. The van der Waals surface area contributed by atoms with Gasteiger partial charge < -0.3 is 10.5 Å². The molecule has 23 heavy (non-hydrogen) atoms. The Balaban J connectivity index is 1.75. The van der Waals surface area contributed by atoms with Crippen LogP contribution in [0.3, 0.4) is 0 Å². The maximum absolute atomic E-state index is 6.36. The van der Waals surface area contributed by atoms with E-state index < -0.39 is 0 Å². The lowest BCUT2D eigenvalue weighted by atomic mass is 10.0. The van der Waals surface area contributed by atoms with Crippen molar-refractivity contribution in [2.24, 2.45) is 15.9 Å². The van der Waals surface area contributed by atoms with Crippen molar-refractivity contribution in [2.45, 2.75) is 26.2 Å². The molecule has 0 aromatic heterocycles. The van der Waals surface area contributed by atoms with E-state index in [4.69, 9.17) is 22.1 Å². The van der Waals surface area contributed by atoms with Gasteiger partial charge in [-0.25, -0.2) is 0 Å². The zero-order valence-corrected chi connectivity index (χ0v) is 13.7. The Hall–Kier alpha value is -2.33. The Bertz CT molecular complexity index is 766. The van der Waals surface area contributed by atoms with Gasteiger partial charge in [0.1, 0.15) is 17.3 Å². The van der Waals surface area contributed by atoms with Crippen molar-refractivity contribution in [3.63, 3.8) is 0 Å². The number of amidine groups is 1. The van der Waals surface area contributed by atoms with E-state index in [0.717, 1.165) is 35.6 Å². The Labute approximate surface area is 140 Å². The highest BCUT2D eigenvalue weighted by Crippen LogP contribution is 2.32. The molecule has 5 heteroatoms. The van der Waals surface area contributed by atoms with E-state index in [1.165, 1.54) is 5.56 Å². The van der Waals surface area contributed by atoms with Gasteiger partial charge in [0, 0.05) is 22.7 Å². The first kappa shape index (κ1) is 15.6. The van der Waals surface area contributed by atoms with Gasteiger partial charge in [-0.2, -0.15) is 5.10 Å². The van der Waals surface area contributed by atoms with Gasteiger partial charge in [-0.1, -0.05) is 35.4 Å².